The number of likely N-dealkylation sites (tertiary alicyclic amines) is 1. The van der Waals surface area contributed by atoms with Crippen molar-refractivity contribution >= 4 is 50.9 Å². The Labute approximate surface area is 252 Å². The second-order valence-corrected chi connectivity index (χ2v) is 13.2. The van der Waals surface area contributed by atoms with Crippen molar-refractivity contribution in [2.75, 3.05) is 5.88 Å². The molecule has 0 spiro atoms. The van der Waals surface area contributed by atoms with E-state index in [-0.39, 0.29) is 29.5 Å². The maximum Gasteiger partial charge on any atom is 0.255 e. The molecule has 3 N–H and O–H groups in total. The van der Waals surface area contributed by atoms with Gasteiger partial charge in [0.2, 0.25) is 5.91 Å². The largest absolute Gasteiger partial charge is 0.508 e. The normalized spacial score (nSPS) is 21.1. The molecule has 6 rings (SSSR count). The molecule has 10 heteroatoms. The summed E-state index contributed by atoms with van der Waals surface area (Å²) >= 11 is 3.15. The van der Waals surface area contributed by atoms with E-state index >= 15 is 0 Å². The second-order valence-electron chi connectivity index (χ2n) is 10.9. The number of hydrogen-bond acceptors (Lipinski definition) is 7. The van der Waals surface area contributed by atoms with Crippen molar-refractivity contribution in [2.24, 2.45) is 0 Å². The van der Waals surface area contributed by atoms with Crippen LogP contribution in [0.4, 0.5) is 0 Å². The molecule has 0 radical (unpaired) electrons. The van der Waals surface area contributed by atoms with Crippen LogP contribution in [-0.4, -0.2) is 66.7 Å². The van der Waals surface area contributed by atoms with Crippen LogP contribution in [-0.2, 0) is 22.6 Å². The molecule has 2 aliphatic rings. The Morgan fingerprint density at radius 2 is 1.81 bits per heavy atom. The summed E-state index contributed by atoms with van der Waals surface area (Å²) in [5.41, 5.74) is 2.56. The zero-order chi connectivity index (χ0) is 29.6. The standard InChI is InChI=1S/C32H31N3O5S2/c1-19-22(12-8-13-25(19)36)29(38)33-24(15-20-9-4-3-5-10-20)27(37)30(39)34-18-42-32(2)28(34)31(40)35(32)16-21-17-41-26-14-7-6-11-23(21)26/h3-14,17,24,27-28,36-37H,15-16,18H2,1-2H3,(H,33,38)/t24-,27-,28+,32?/m0/s1. The minimum Gasteiger partial charge on any atom is -0.508 e. The molecule has 3 aromatic carbocycles. The van der Waals surface area contributed by atoms with Gasteiger partial charge in [0.05, 0.1) is 11.9 Å². The second kappa shape index (κ2) is 11.1. The average molecular weight is 602 g/mol. The van der Waals surface area contributed by atoms with Crippen LogP contribution in [0.15, 0.2) is 78.2 Å². The van der Waals surface area contributed by atoms with Gasteiger partial charge in [0.25, 0.3) is 11.8 Å². The first-order valence-corrected chi connectivity index (χ1v) is 15.6. The van der Waals surface area contributed by atoms with E-state index in [2.05, 4.69) is 22.8 Å². The lowest BCUT2D eigenvalue weighted by Gasteiger charge is -2.52. The maximum atomic E-state index is 13.8. The molecule has 4 atom stereocenters. The van der Waals surface area contributed by atoms with E-state index in [1.807, 2.05) is 54.3 Å². The number of fused-ring (bicyclic) bond motifs is 2. The van der Waals surface area contributed by atoms with Crippen LogP contribution in [0.1, 0.15) is 34.0 Å². The van der Waals surface area contributed by atoms with E-state index < -0.39 is 34.9 Å². The van der Waals surface area contributed by atoms with E-state index in [9.17, 15) is 24.6 Å². The van der Waals surface area contributed by atoms with Gasteiger partial charge in [-0.05, 0) is 60.4 Å². The summed E-state index contributed by atoms with van der Waals surface area (Å²) in [6.07, 6.45) is -1.39. The van der Waals surface area contributed by atoms with Crippen molar-refractivity contribution in [1.82, 2.24) is 15.1 Å². The maximum absolute atomic E-state index is 13.8. The molecule has 1 aromatic heterocycles. The number of amides is 3. The topological polar surface area (TPSA) is 110 Å². The first kappa shape index (κ1) is 28.3. The number of thioether (sulfide) groups is 1. The number of carbonyl (C=O) groups is 3. The number of aliphatic hydroxyl groups is 1. The Morgan fingerprint density at radius 3 is 2.60 bits per heavy atom. The molecular weight excluding hydrogens is 571 g/mol. The van der Waals surface area contributed by atoms with Crippen molar-refractivity contribution in [3.05, 3.63) is 100 Å². The van der Waals surface area contributed by atoms with Gasteiger partial charge in [-0.2, -0.15) is 0 Å². The number of rotatable bonds is 8. The zero-order valence-corrected chi connectivity index (χ0v) is 24.8. The molecule has 2 fully saturated rings. The van der Waals surface area contributed by atoms with Crippen molar-refractivity contribution in [2.45, 2.75) is 49.9 Å². The molecule has 3 amide bonds. The highest BCUT2D eigenvalue weighted by Crippen LogP contribution is 2.51. The quantitative estimate of drug-likeness (QED) is 0.260. The summed E-state index contributed by atoms with van der Waals surface area (Å²) in [5.74, 6) is -1.03. The Balaban J connectivity index is 1.21. The van der Waals surface area contributed by atoms with E-state index in [1.54, 1.807) is 30.4 Å². The van der Waals surface area contributed by atoms with E-state index in [4.69, 9.17) is 0 Å². The van der Waals surface area contributed by atoms with Crippen LogP contribution in [0.25, 0.3) is 10.1 Å². The molecule has 2 aliphatic heterocycles. The number of nitrogens with one attached hydrogen (secondary N) is 1. The van der Waals surface area contributed by atoms with Crippen LogP contribution >= 0.6 is 23.1 Å². The van der Waals surface area contributed by atoms with Crippen LogP contribution < -0.4 is 5.32 Å². The third-order valence-corrected chi connectivity index (χ3v) is 10.8. The molecular formula is C32H31N3O5S2. The molecule has 0 aliphatic carbocycles. The Hall–Kier alpha value is -3.86. The summed E-state index contributed by atoms with van der Waals surface area (Å²) in [4.78, 5) is 43.2. The number of nitrogens with zero attached hydrogens (tertiary/aromatic N) is 2. The van der Waals surface area contributed by atoms with Crippen molar-refractivity contribution in [3.63, 3.8) is 0 Å². The summed E-state index contributed by atoms with van der Waals surface area (Å²) in [7, 11) is 0. The molecule has 0 saturated carbocycles. The number of phenolic OH excluding ortho intramolecular Hbond substituents is 1. The van der Waals surface area contributed by atoms with Gasteiger partial charge in [-0.25, -0.2) is 0 Å². The SMILES string of the molecule is Cc1c(O)cccc1C(=O)N[C@@H](Cc1ccccc1)[C@H](O)C(=O)N1CSC2(C)[C@H]1C(=O)N2Cc1csc2ccccc12. The van der Waals surface area contributed by atoms with Crippen LogP contribution in [0.2, 0.25) is 0 Å². The third kappa shape index (κ3) is 4.83. The number of β-lactam (4-membered cyclic amide) rings is 1. The lowest BCUT2D eigenvalue weighted by molar-refractivity contribution is -0.168. The smallest absolute Gasteiger partial charge is 0.255 e. The Kier molecular flexibility index (Phi) is 7.46. The average Bonchev–Trinajstić information content (AvgIpc) is 3.55. The van der Waals surface area contributed by atoms with Crippen LogP contribution in [0.5, 0.6) is 5.75 Å². The zero-order valence-electron chi connectivity index (χ0n) is 23.2. The van der Waals surface area contributed by atoms with Crippen LogP contribution in [0, 0.1) is 6.92 Å². The summed E-state index contributed by atoms with van der Waals surface area (Å²) in [5, 5.41) is 27.5. The fraction of sp³-hybridized carbons (Fsp3) is 0.281. The van der Waals surface area contributed by atoms with Gasteiger partial charge in [-0.3, -0.25) is 14.4 Å². The van der Waals surface area contributed by atoms with Gasteiger partial charge in [0.15, 0.2) is 6.10 Å². The summed E-state index contributed by atoms with van der Waals surface area (Å²) in [6, 6.07) is 20.4. The number of benzene rings is 3. The molecule has 216 valence electrons. The Morgan fingerprint density at radius 1 is 1.07 bits per heavy atom. The van der Waals surface area contributed by atoms with Gasteiger partial charge >= 0.3 is 0 Å². The fourth-order valence-corrected chi connectivity index (χ4v) is 8.18. The predicted molar refractivity (Wildman–Crippen MR) is 164 cm³/mol. The molecule has 1 unspecified atom stereocenters. The molecule has 2 saturated heterocycles. The van der Waals surface area contributed by atoms with Crippen molar-refractivity contribution < 1.29 is 24.6 Å². The fourth-order valence-electron chi connectivity index (χ4n) is 5.85. The van der Waals surface area contributed by atoms with E-state index in [1.165, 1.54) is 22.7 Å². The lowest BCUT2D eigenvalue weighted by atomic mass is 9.92. The molecule has 42 heavy (non-hydrogen) atoms. The molecule has 4 aromatic rings. The number of carbonyl (C=O) groups excluding carboxylic acids is 3. The van der Waals surface area contributed by atoms with Gasteiger partial charge in [-0.15, -0.1) is 23.1 Å². The highest BCUT2D eigenvalue weighted by molar-refractivity contribution is 8.01. The predicted octanol–water partition coefficient (Wildman–Crippen LogP) is 4.28. The van der Waals surface area contributed by atoms with Crippen LogP contribution in [0.3, 0.4) is 0 Å². The lowest BCUT2D eigenvalue weighted by Crippen LogP contribution is -2.73. The highest BCUT2D eigenvalue weighted by Gasteiger charge is 2.65. The summed E-state index contributed by atoms with van der Waals surface area (Å²) < 4.78 is 1.16. The number of aromatic hydroxyl groups is 1. The monoisotopic (exact) mass is 601 g/mol. The third-order valence-electron chi connectivity index (χ3n) is 8.32. The van der Waals surface area contributed by atoms with Crippen molar-refractivity contribution in [3.8, 4) is 5.75 Å². The van der Waals surface area contributed by atoms with Gasteiger partial charge in [0, 0.05) is 22.4 Å². The van der Waals surface area contributed by atoms with Gasteiger partial charge in [-0.1, -0.05) is 54.6 Å². The number of phenols is 1. The number of hydrogen-bond donors (Lipinski definition) is 3. The highest BCUT2D eigenvalue weighted by atomic mass is 32.2. The summed E-state index contributed by atoms with van der Waals surface area (Å²) in [6.45, 7) is 4.04. The molecule has 0 bridgehead atoms. The Bertz CT molecular complexity index is 1680. The first-order valence-electron chi connectivity index (χ1n) is 13.7. The minimum atomic E-state index is -1.59. The number of aliphatic hydroxyl groups excluding tert-OH is 1. The van der Waals surface area contributed by atoms with Gasteiger partial charge in [0.1, 0.15) is 16.7 Å². The van der Waals surface area contributed by atoms with Gasteiger partial charge < -0.3 is 25.3 Å². The first-order chi connectivity index (χ1) is 20.2. The van der Waals surface area contributed by atoms with E-state index in [0.717, 1.165) is 21.2 Å². The van der Waals surface area contributed by atoms with E-state index in [0.29, 0.717) is 12.1 Å². The number of thiophene rings is 1. The van der Waals surface area contributed by atoms with Crippen molar-refractivity contribution in [1.29, 1.82) is 0 Å². The minimum absolute atomic E-state index is 0.0178. The molecule has 3 heterocycles. The molecule has 8 nitrogen and oxygen atoms in total.